The summed E-state index contributed by atoms with van der Waals surface area (Å²) in [5, 5.41) is 4.68. The Balaban J connectivity index is 2.50. The molecule has 2 aromatic heterocycles. The molecule has 7 heteroatoms. The van der Waals surface area contributed by atoms with Crippen LogP contribution in [0.2, 0.25) is 0 Å². The summed E-state index contributed by atoms with van der Waals surface area (Å²) in [7, 11) is 0. The Hall–Kier alpha value is -1.47. The van der Waals surface area contributed by atoms with Crippen molar-refractivity contribution >= 4 is 39.7 Å². The van der Waals surface area contributed by atoms with Gasteiger partial charge < -0.3 is 10.3 Å². The summed E-state index contributed by atoms with van der Waals surface area (Å²) in [4.78, 5) is 27.6. The Labute approximate surface area is 125 Å². The minimum Gasteiger partial charge on any atom is -0.350 e. The number of aromatic amines is 1. The van der Waals surface area contributed by atoms with Gasteiger partial charge in [-0.15, -0.1) is 11.3 Å². The lowest BCUT2D eigenvalue weighted by Gasteiger charge is -2.24. The van der Waals surface area contributed by atoms with E-state index in [4.69, 9.17) is 12.2 Å². The van der Waals surface area contributed by atoms with Crippen molar-refractivity contribution in [2.24, 2.45) is 0 Å². The molecule has 1 atom stereocenters. The van der Waals surface area contributed by atoms with Crippen LogP contribution in [-0.2, 0) is 4.79 Å². The van der Waals surface area contributed by atoms with Crippen molar-refractivity contribution in [3.63, 3.8) is 0 Å². The highest BCUT2D eigenvalue weighted by atomic mass is 32.1. The second kappa shape index (κ2) is 5.14. The average molecular weight is 311 g/mol. The smallest absolute Gasteiger partial charge is 0.272 e. The summed E-state index contributed by atoms with van der Waals surface area (Å²) in [5.74, 6) is -0.227. The number of nitrogens with one attached hydrogen (secondary N) is 2. The molecule has 0 aromatic carbocycles. The first-order valence-corrected chi connectivity index (χ1v) is 7.53. The fourth-order valence-corrected chi connectivity index (χ4v) is 3.03. The molecule has 1 amide bonds. The van der Waals surface area contributed by atoms with Crippen molar-refractivity contribution in [3.8, 4) is 0 Å². The van der Waals surface area contributed by atoms with Gasteiger partial charge in [-0.3, -0.25) is 14.2 Å². The summed E-state index contributed by atoms with van der Waals surface area (Å²) in [6.07, 6.45) is 0. The summed E-state index contributed by atoms with van der Waals surface area (Å²) in [6.45, 7) is 7.35. The van der Waals surface area contributed by atoms with Crippen LogP contribution in [0, 0.1) is 4.77 Å². The average Bonchev–Trinajstić information content (AvgIpc) is 2.74. The lowest BCUT2D eigenvalue weighted by molar-refractivity contribution is -0.125. The fourth-order valence-electron chi connectivity index (χ4n) is 1.89. The molecule has 2 aromatic rings. The van der Waals surface area contributed by atoms with E-state index >= 15 is 0 Å². The minimum atomic E-state index is -0.656. The Morgan fingerprint density at radius 3 is 2.75 bits per heavy atom. The van der Waals surface area contributed by atoms with Gasteiger partial charge in [0.1, 0.15) is 10.7 Å². The molecule has 20 heavy (non-hydrogen) atoms. The van der Waals surface area contributed by atoms with E-state index in [2.05, 4.69) is 10.3 Å². The van der Waals surface area contributed by atoms with Gasteiger partial charge in [-0.2, -0.15) is 0 Å². The van der Waals surface area contributed by atoms with Gasteiger partial charge in [0.05, 0.1) is 5.52 Å². The first-order chi connectivity index (χ1) is 9.20. The third kappa shape index (κ3) is 2.83. The second-order valence-corrected chi connectivity index (χ2v) is 6.99. The normalized spacial score (nSPS) is 13.4. The topological polar surface area (TPSA) is 66.9 Å². The van der Waals surface area contributed by atoms with Crippen LogP contribution in [-0.4, -0.2) is 21.0 Å². The molecule has 0 aliphatic rings. The molecule has 0 fully saturated rings. The number of fused-ring (bicyclic) bond motifs is 1. The molecule has 0 spiro atoms. The van der Waals surface area contributed by atoms with Crippen LogP contribution in [0.5, 0.6) is 0 Å². The van der Waals surface area contributed by atoms with Gasteiger partial charge in [0.15, 0.2) is 4.77 Å². The summed E-state index contributed by atoms with van der Waals surface area (Å²) >= 11 is 6.54. The molecule has 0 aliphatic carbocycles. The van der Waals surface area contributed by atoms with E-state index in [9.17, 15) is 9.59 Å². The van der Waals surface area contributed by atoms with Crippen molar-refractivity contribution in [2.75, 3.05) is 0 Å². The minimum absolute atomic E-state index is 0.227. The largest absolute Gasteiger partial charge is 0.350 e. The standard InChI is InChI=1S/C13H17N3O2S2/c1-7(10(17)15-13(2,3)4)16-11(18)9-8(5-6-20-9)14-12(16)19/h5-7H,1-4H3,(H,14,19)(H,15,17). The SMILES string of the molecule is CC(C(=O)NC(C)(C)C)n1c(=S)[nH]c2ccsc2c1=O. The van der Waals surface area contributed by atoms with Crippen molar-refractivity contribution in [2.45, 2.75) is 39.3 Å². The van der Waals surface area contributed by atoms with E-state index in [1.54, 1.807) is 13.0 Å². The third-order valence-electron chi connectivity index (χ3n) is 2.80. The van der Waals surface area contributed by atoms with Crippen LogP contribution in [0.3, 0.4) is 0 Å². The number of nitrogens with zero attached hydrogens (tertiary/aromatic N) is 1. The zero-order valence-electron chi connectivity index (χ0n) is 11.8. The fraction of sp³-hybridized carbons (Fsp3) is 0.462. The maximum Gasteiger partial charge on any atom is 0.272 e. The van der Waals surface area contributed by atoms with Gasteiger partial charge in [-0.1, -0.05) is 0 Å². The third-order valence-corrected chi connectivity index (χ3v) is 4.00. The van der Waals surface area contributed by atoms with E-state index in [-0.39, 0.29) is 21.8 Å². The lowest BCUT2D eigenvalue weighted by atomic mass is 10.1. The number of H-pyrrole nitrogens is 1. The van der Waals surface area contributed by atoms with E-state index in [0.717, 1.165) is 0 Å². The number of hydrogen-bond donors (Lipinski definition) is 2. The molecule has 2 heterocycles. The quantitative estimate of drug-likeness (QED) is 0.838. The number of rotatable bonds is 2. The van der Waals surface area contributed by atoms with Gasteiger partial charge >= 0.3 is 0 Å². The maximum absolute atomic E-state index is 12.4. The number of aromatic nitrogens is 2. The number of carbonyl (C=O) groups is 1. The summed E-state index contributed by atoms with van der Waals surface area (Å²) in [6, 6.07) is 1.15. The lowest BCUT2D eigenvalue weighted by Crippen LogP contribution is -2.45. The molecule has 5 nitrogen and oxygen atoms in total. The highest BCUT2D eigenvalue weighted by Crippen LogP contribution is 2.16. The molecule has 0 saturated heterocycles. The highest BCUT2D eigenvalue weighted by Gasteiger charge is 2.23. The van der Waals surface area contributed by atoms with Gasteiger partial charge in [0, 0.05) is 5.54 Å². The van der Waals surface area contributed by atoms with Crippen molar-refractivity contribution in [3.05, 3.63) is 26.6 Å². The summed E-state index contributed by atoms with van der Waals surface area (Å²) in [5.41, 5.74) is 0.132. The van der Waals surface area contributed by atoms with Crippen molar-refractivity contribution in [1.82, 2.24) is 14.9 Å². The van der Waals surface area contributed by atoms with E-state index in [1.165, 1.54) is 15.9 Å². The molecule has 0 radical (unpaired) electrons. The number of carbonyl (C=O) groups excluding carboxylic acids is 1. The van der Waals surface area contributed by atoms with Crippen LogP contribution in [0.1, 0.15) is 33.7 Å². The van der Waals surface area contributed by atoms with Gasteiger partial charge in [-0.05, 0) is 51.4 Å². The first-order valence-electron chi connectivity index (χ1n) is 6.25. The predicted molar refractivity (Wildman–Crippen MR) is 83.9 cm³/mol. The molecule has 1 unspecified atom stereocenters. The Morgan fingerprint density at radius 2 is 2.15 bits per heavy atom. The maximum atomic E-state index is 12.4. The van der Waals surface area contributed by atoms with E-state index in [0.29, 0.717) is 10.2 Å². The number of thiophene rings is 1. The Morgan fingerprint density at radius 1 is 1.50 bits per heavy atom. The Kier molecular flexibility index (Phi) is 3.84. The molecule has 0 saturated carbocycles. The molecular formula is C13H17N3O2S2. The van der Waals surface area contributed by atoms with Crippen molar-refractivity contribution in [1.29, 1.82) is 0 Å². The zero-order valence-corrected chi connectivity index (χ0v) is 13.4. The van der Waals surface area contributed by atoms with Gasteiger partial charge in [-0.25, -0.2) is 0 Å². The number of hydrogen-bond acceptors (Lipinski definition) is 4. The van der Waals surface area contributed by atoms with Crippen LogP contribution < -0.4 is 10.9 Å². The van der Waals surface area contributed by atoms with Crippen LogP contribution in [0.15, 0.2) is 16.2 Å². The predicted octanol–water partition coefficient (Wildman–Crippen LogP) is 2.60. The molecule has 0 bridgehead atoms. The summed E-state index contributed by atoms with van der Waals surface area (Å²) < 4.78 is 2.17. The van der Waals surface area contributed by atoms with Gasteiger partial charge in [0.25, 0.3) is 5.56 Å². The number of amides is 1. The van der Waals surface area contributed by atoms with Crippen molar-refractivity contribution < 1.29 is 4.79 Å². The highest BCUT2D eigenvalue weighted by molar-refractivity contribution is 7.71. The van der Waals surface area contributed by atoms with Gasteiger partial charge in [0.2, 0.25) is 5.91 Å². The first kappa shape index (κ1) is 14.9. The van der Waals surface area contributed by atoms with Crippen LogP contribution >= 0.6 is 23.6 Å². The Bertz CT molecular complexity index is 764. The molecule has 2 N–H and O–H groups in total. The molecule has 0 aliphatic heterocycles. The zero-order chi connectivity index (χ0) is 15.1. The molecule has 2 rings (SSSR count). The van der Waals surface area contributed by atoms with Crippen LogP contribution in [0.4, 0.5) is 0 Å². The van der Waals surface area contributed by atoms with Crippen LogP contribution in [0.25, 0.3) is 10.2 Å². The molecule has 108 valence electrons. The second-order valence-electron chi connectivity index (χ2n) is 5.68. The molecular weight excluding hydrogens is 294 g/mol. The van der Waals surface area contributed by atoms with E-state index < -0.39 is 6.04 Å². The van der Waals surface area contributed by atoms with E-state index in [1.807, 2.05) is 26.2 Å². The monoisotopic (exact) mass is 311 g/mol.